The summed E-state index contributed by atoms with van der Waals surface area (Å²) < 4.78 is 1.08. The lowest BCUT2D eigenvalue weighted by molar-refractivity contribution is -0.118. The van der Waals surface area contributed by atoms with Gasteiger partial charge in [0.2, 0.25) is 5.91 Å². The van der Waals surface area contributed by atoms with E-state index < -0.39 is 0 Å². The van der Waals surface area contributed by atoms with E-state index in [-0.39, 0.29) is 5.91 Å². The van der Waals surface area contributed by atoms with Crippen LogP contribution in [0, 0.1) is 0 Å². The summed E-state index contributed by atoms with van der Waals surface area (Å²) in [4.78, 5) is 11.2. The van der Waals surface area contributed by atoms with Crippen molar-refractivity contribution in [1.82, 2.24) is 5.32 Å². The fourth-order valence-electron chi connectivity index (χ4n) is 1.91. The van der Waals surface area contributed by atoms with Crippen LogP contribution in [0.15, 0.2) is 40.9 Å². The Hall–Kier alpha value is -0.870. The van der Waals surface area contributed by atoms with Crippen LogP contribution in [0.1, 0.15) is 5.56 Å². The van der Waals surface area contributed by atoms with Gasteiger partial charge in [0.15, 0.2) is 0 Å². The summed E-state index contributed by atoms with van der Waals surface area (Å²) in [7, 11) is 0. The quantitative estimate of drug-likeness (QED) is 0.817. The molecule has 94 valence electrons. The lowest BCUT2D eigenvalue weighted by atomic mass is 10.0. The van der Waals surface area contributed by atoms with Gasteiger partial charge in [0.05, 0.1) is 5.33 Å². The van der Waals surface area contributed by atoms with Crippen LogP contribution >= 0.6 is 31.9 Å². The van der Waals surface area contributed by atoms with Crippen molar-refractivity contribution in [3.63, 3.8) is 0 Å². The molecule has 0 aliphatic carbocycles. The van der Waals surface area contributed by atoms with E-state index in [2.05, 4.69) is 67.5 Å². The van der Waals surface area contributed by atoms with Gasteiger partial charge in [0.25, 0.3) is 0 Å². The van der Waals surface area contributed by atoms with Crippen molar-refractivity contribution >= 4 is 48.5 Å². The van der Waals surface area contributed by atoms with Gasteiger partial charge >= 0.3 is 0 Å². The predicted octanol–water partition coefficient (Wildman–Crippen LogP) is 3.66. The molecule has 0 heterocycles. The van der Waals surface area contributed by atoms with E-state index in [1.54, 1.807) is 0 Å². The molecule has 0 aliphatic rings. The van der Waals surface area contributed by atoms with Gasteiger partial charge in [-0.25, -0.2) is 0 Å². The summed E-state index contributed by atoms with van der Waals surface area (Å²) in [5.74, 6) is 0.0245. The van der Waals surface area contributed by atoms with Gasteiger partial charge in [0, 0.05) is 11.0 Å². The number of amides is 1. The summed E-state index contributed by atoms with van der Waals surface area (Å²) in [6.45, 7) is 0.663. The number of alkyl halides is 1. The van der Waals surface area contributed by atoms with E-state index >= 15 is 0 Å². The number of nitrogens with one attached hydrogen (secondary N) is 1. The summed E-state index contributed by atoms with van der Waals surface area (Å²) in [6, 6.07) is 12.5. The first kappa shape index (κ1) is 13.6. The number of carbonyl (C=O) groups is 1. The number of hydrogen-bond donors (Lipinski definition) is 1. The molecule has 2 aromatic rings. The number of benzene rings is 2. The normalized spacial score (nSPS) is 10.6. The van der Waals surface area contributed by atoms with Crippen LogP contribution in [-0.4, -0.2) is 17.8 Å². The van der Waals surface area contributed by atoms with Crippen LogP contribution < -0.4 is 5.32 Å². The van der Waals surface area contributed by atoms with E-state index in [1.165, 1.54) is 16.3 Å². The van der Waals surface area contributed by atoms with Gasteiger partial charge in [-0.1, -0.05) is 56.1 Å². The smallest absolute Gasteiger partial charge is 0.230 e. The predicted molar refractivity (Wildman–Crippen MR) is 82.2 cm³/mol. The van der Waals surface area contributed by atoms with Crippen molar-refractivity contribution in [2.45, 2.75) is 6.42 Å². The van der Waals surface area contributed by atoms with Crippen LogP contribution in [0.5, 0.6) is 0 Å². The zero-order valence-corrected chi connectivity index (χ0v) is 12.9. The minimum atomic E-state index is 0.0245. The SMILES string of the molecule is O=C(CBr)NCCc1cccc2ccc(Br)cc12. The Morgan fingerprint density at radius 1 is 1.22 bits per heavy atom. The Bertz CT molecular complexity index is 569. The van der Waals surface area contributed by atoms with Gasteiger partial charge in [-0.2, -0.15) is 0 Å². The highest BCUT2D eigenvalue weighted by Gasteiger charge is 2.03. The lowest BCUT2D eigenvalue weighted by Gasteiger charge is -2.08. The monoisotopic (exact) mass is 369 g/mol. The maximum absolute atomic E-state index is 11.2. The second kappa shape index (κ2) is 6.34. The summed E-state index contributed by atoms with van der Waals surface area (Å²) in [5, 5.41) is 5.68. The fraction of sp³-hybridized carbons (Fsp3) is 0.214. The number of carbonyl (C=O) groups excluding carboxylic acids is 1. The number of rotatable bonds is 4. The molecule has 0 aromatic heterocycles. The fourth-order valence-corrected chi connectivity index (χ4v) is 2.47. The molecule has 0 radical (unpaired) electrons. The minimum absolute atomic E-state index is 0.0245. The van der Waals surface area contributed by atoms with E-state index in [4.69, 9.17) is 0 Å². The standard InChI is InChI=1S/C14H13Br2NO/c15-9-14(18)17-7-6-11-3-1-2-10-4-5-12(16)8-13(10)11/h1-5,8H,6-7,9H2,(H,17,18). The Morgan fingerprint density at radius 2 is 2.06 bits per heavy atom. The van der Waals surface area contributed by atoms with Crippen LogP contribution in [0.4, 0.5) is 0 Å². The summed E-state index contributed by atoms with van der Waals surface area (Å²) in [6.07, 6.45) is 0.840. The van der Waals surface area contributed by atoms with Crippen LogP contribution in [0.3, 0.4) is 0 Å². The zero-order valence-electron chi connectivity index (χ0n) is 9.75. The molecular weight excluding hydrogens is 358 g/mol. The van der Waals surface area contributed by atoms with Gasteiger partial charge < -0.3 is 5.32 Å². The van der Waals surface area contributed by atoms with Crippen molar-refractivity contribution < 1.29 is 4.79 Å². The Labute approximate surface area is 123 Å². The van der Waals surface area contributed by atoms with Crippen molar-refractivity contribution in [3.05, 3.63) is 46.4 Å². The van der Waals surface area contributed by atoms with Gasteiger partial charge in [0.1, 0.15) is 0 Å². The highest BCUT2D eigenvalue weighted by atomic mass is 79.9. The van der Waals surface area contributed by atoms with Gasteiger partial charge in [-0.3, -0.25) is 4.79 Å². The van der Waals surface area contributed by atoms with Crippen molar-refractivity contribution in [3.8, 4) is 0 Å². The van der Waals surface area contributed by atoms with Gasteiger partial charge in [-0.05, 0) is 34.9 Å². The molecule has 2 aromatic carbocycles. The van der Waals surface area contributed by atoms with Crippen LogP contribution in [0.25, 0.3) is 10.8 Å². The number of fused-ring (bicyclic) bond motifs is 1. The molecule has 0 spiro atoms. The first-order chi connectivity index (χ1) is 8.70. The Kier molecular flexibility index (Phi) is 4.78. The van der Waals surface area contributed by atoms with E-state index in [0.717, 1.165) is 10.9 Å². The molecule has 0 unspecified atom stereocenters. The van der Waals surface area contributed by atoms with E-state index in [9.17, 15) is 4.79 Å². The van der Waals surface area contributed by atoms with Crippen molar-refractivity contribution in [1.29, 1.82) is 0 Å². The van der Waals surface area contributed by atoms with Crippen LogP contribution in [0.2, 0.25) is 0 Å². The molecule has 0 fully saturated rings. The third-order valence-corrected chi connectivity index (χ3v) is 3.77. The molecule has 1 amide bonds. The molecule has 18 heavy (non-hydrogen) atoms. The highest BCUT2D eigenvalue weighted by Crippen LogP contribution is 2.23. The molecule has 0 atom stereocenters. The molecule has 0 bridgehead atoms. The molecule has 1 N–H and O–H groups in total. The molecule has 0 saturated carbocycles. The minimum Gasteiger partial charge on any atom is -0.355 e. The van der Waals surface area contributed by atoms with Gasteiger partial charge in [-0.15, -0.1) is 0 Å². The van der Waals surface area contributed by atoms with E-state index in [0.29, 0.717) is 11.9 Å². The average molecular weight is 371 g/mol. The number of halogens is 2. The summed E-state index contributed by atoms with van der Waals surface area (Å²) in [5.41, 5.74) is 1.25. The second-order valence-corrected chi connectivity index (χ2v) is 5.49. The zero-order chi connectivity index (χ0) is 13.0. The molecule has 4 heteroatoms. The molecule has 0 saturated heterocycles. The third-order valence-electron chi connectivity index (χ3n) is 2.77. The lowest BCUT2D eigenvalue weighted by Crippen LogP contribution is -2.26. The highest BCUT2D eigenvalue weighted by molar-refractivity contribution is 9.10. The topological polar surface area (TPSA) is 29.1 Å². The first-order valence-electron chi connectivity index (χ1n) is 5.70. The maximum Gasteiger partial charge on any atom is 0.230 e. The molecule has 2 nitrogen and oxygen atoms in total. The average Bonchev–Trinajstić information content (AvgIpc) is 2.39. The van der Waals surface area contributed by atoms with Crippen molar-refractivity contribution in [2.24, 2.45) is 0 Å². The molecule has 2 rings (SSSR count). The first-order valence-corrected chi connectivity index (χ1v) is 7.62. The molecule has 0 aliphatic heterocycles. The van der Waals surface area contributed by atoms with Crippen molar-refractivity contribution in [2.75, 3.05) is 11.9 Å². The number of hydrogen-bond acceptors (Lipinski definition) is 1. The maximum atomic E-state index is 11.2. The molecular formula is C14H13Br2NO. The largest absolute Gasteiger partial charge is 0.355 e. The summed E-state index contributed by atoms with van der Waals surface area (Å²) >= 11 is 6.63. The van der Waals surface area contributed by atoms with Crippen LogP contribution in [-0.2, 0) is 11.2 Å². The Balaban J connectivity index is 2.17. The third kappa shape index (κ3) is 3.33. The van der Waals surface area contributed by atoms with E-state index in [1.807, 2.05) is 6.07 Å². The Morgan fingerprint density at radius 3 is 2.83 bits per heavy atom. The second-order valence-electron chi connectivity index (χ2n) is 4.02.